The van der Waals surface area contributed by atoms with Gasteiger partial charge in [0.15, 0.2) is 0 Å². The summed E-state index contributed by atoms with van der Waals surface area (Å²) in [7, 11) is 0. The van der Waals surface area contributed by atoms with Crippen molar-refractivity contribution in [1.82, 2.24) is 10.9 Å². The lowest BCUT2D eigenvalue weighted by atomic mass is 9.91. The summed E-state index contributed by atoms with van der Waals surface area (Å²) in [6.45, 7) is 0. The van der Waals surface area contributed by atoms with E-state index in [1.807, 2.05) is 17.5 Å². The average Bonchev–Trinajstić information content (AvgIpc) is 2.97. The molecule has 2 heterocycles. The molecule has 0 bridgehead atoms. The van der Waals surface area contributed by atoms with Crippen LogP contribution in [0.15, 0.2) is 41.8 Å². The highest BCUT2D eigenvalue weighted by Gasteiger charge is 2.36. The van der Waals surface area contributed by atoms with Crippen LogP contribution in [0.1, 0.15) is 22.4 Å². The van der Waals surface area contributed by atoms with Crippen LogP contribution in [0.3, 0.4) is 0 Å². The molecule has 2 aromatic rings. The molecule has 1 aliphatic rings. The number of hydrogen-bond acceptors (Lipinski definition) is 4. The fourth-order valence-electron chi connectivity index (χ4n) is 2.39. The Morgan fingerprint density at radius 1 is 1.17 bits per heavy atom. The van der Waals surface area contributed by atoms with Gasteiger partial charge >= 0.3 is 0 Å². The first-order chi connectivity index (χ1) is 8.75. The zero-order valence-corrected chi connectivity index (χ0v) is 10.5. The van der Waals surface area contributed by atoms with Crippen LogP contribution in [0.5, 0.6) is 0 Å². The average molecular weight is 263 g/mol. The summed E-state index contributed by atoms with van der Waals surface area (Å²) in [6, 6.07) is 10.7. The topological polar surface area (TPSA) is 50.1 Å². The number of halogens is 1. The molecule has 3 nitrogen and oxygen atoms in total. The highest BCUT2D eigenvalue weighted by Crippen LogP contribution is 2.37. The van der Waals surface area contributed by atoms with Crippen molar-refractivity contribution < 1.29 is 4.39 Å². The van der Waals surface area contributed by atoms with Crippen LogP contribution in [0.2, 0.25) is 0 Å². The second-order valence-corrected chi connectivity index (χ2v) is 5.37. The van der Waals surface area contributed by atoms with E-state index in [-0.39, 0.29) is 23.9 Å². The van der Waals surface area contributed by atoms with Crippen molar-refractivity contribution in [3.05, 3.63) is 58.0 Å². The second kappa shape index (κ2) is 4.78. The Balaban J connectivity index is 1.96. The maximum Gasteiger partial charge on any atom is 0.123 e. The number of nitrogens with two attached hydrogens (primary N) is 1. The summed E-state index contributed by atoms with van der Waals surface area (Å²) in [6.07, 6.45) is -0.170. The van der Waals surface area contributed by atoms with Crippen LogP contribution < -0.4 is 16.6 Å². The van der Waals surface area contributed by atoms with E-state index in [2.05, 4.69) is 16.9 Å². The molecule has 1 aliphatic heterocycles. The van der Waals surface area contributed by atoms with Gasteiger partial charge in [0.2, 0.25) is 0 Å². The van der Waals surface area contributed by atoms with Gasteiger partial charge in [-0.1, -0.05) is 18.2 Å². The smallest absolute Gasteiger partial charge is 0.123 e. The Morgan fingerprint density at radius 3 is 2.78 bits per heavy atom. The largest absolute Gasteiger partial charge is 0.314 e. The van der Waals surface area contributed by atoms with Crippen molar-refractivity contribution in [2.45, 2.75) is 18.1 Å². The molecule has 0 radical (unpaired) electrons. The van der Waals surface area contributed by atoms with Crippen molar-refractivity contribution in [2.75, 3.05) is 0 Å². The lowest BCUT2D eigenvalue weighted by molar-refractivity contribution is 0.549. The number of hydrazine groups is 1. The van der Waals surface area contributed by atoms with Crippen LogP contribution in [0, 0.1) is 5.82 Å². The molecule has 1 fully saturated rings. The minimum absolute atomic E-state index is 0.00523. The Kier molecular flexibility index (Phi) is 3.13. The first-order valence-corrected chi connectivity index (χ1v) is 6.69. The minimum atomic E-state index is -0.222. The number of benzene rings is 1. The Morgan fingerprint density at radius 2 is 2.06 bits per heavy atom. The number of rotatable bonds is 2. The van der Waals surface area contributed by atoms with Gasteiger partial charge in [-0.15, -0.1) is 11.3 Å². The summed E-state index contributed by atoms with van der Waals surface area (Å²) in [5, 5.41) is 2.03. The monoisotopic (exact) mass is 263 g/mol. The molecule has 1 aromatic carbocycles. The van der Waals surface area contributed by atoms with E-state index in [0.717, 1.165) is 5.56 Å². The lowest BCUT2D eigenvalue weighted by Crippen LogP contribution is -2.38. The molecule has 4 N–H and O–H groups in total. The second-order valence-electron chi connectivity index (χ2n) is 4.39. The van der Waals surface area contributed by atoms with E-state index >= 15 is 0 Å². The van der Waals surface area contributed by atoms with Crippen LogP contribution in [-0.2, 0) is 0 Å². The molecule has 18 heavy (non-hydrogen) atoms. The molecule has 5 heteroatoms. The van der Waals surface area contributed by atoms with Gasteiger partial charge in [0, 0.05) is 10.8 Å². The maximum absolute atomic E-state index is 13.3. The summed E-state index contributed by atoms with van der Waals surface area (Å²) < 4.78 is 13.3. The molecule has 94 valence electrons. The van der Waals surface area contributed by atoms with E-state index in [9.17, 15) is 4.39 Å². The fraction of sp³-hybridized carbons (Fsp3) is 0.231. The zero-order chi connectivity index (χ0) is 12.5. The molecule has 3 atom stereocenters. The summed E-state index contributed by atoms with van der Waals surface area (Å²) in [5.74, 6) is -0.105. The molecule has 1 aromatic heterocycles. The van der Waals surface area contributed by atoms with E-state index in [1.165, 1.54) is 10.9 Å². The SMILES string of the molecule is NC1NNC(c2cccc(F)c2)C1c1cccs1. The van der Waals surface area contributed by atoms with Crippen molar-refractivity contribution >= 4 is 11.3 Å². The molecule has 0 saturated carbocycles. The number of nitrogens with one attached hydrogen (secondary N) is 2. The number of thiophene rings is 1. The summed E-state index contributed by atoms with van der Waals surface area (Å²) in [5.41, 5.74) is 13.2. The minimum Gasteiger partial charge on any atom is -0.314 e. The normalized spacial score (nSPS) is 27.6. The third-order valence-electron chi connectivity index (χ3n) is 3.23. The Hall–Kier alpha value is -1.27. The molecule has 3 rings (SSSR count). The molecule has 0 spiro atoms. The zero-order valence-electron chi connectivity index (χ0n) is 9.64. The first-order valence-electron chi connectivity index (χ1n) is 5.81. The highest BCUT2D eigenvalue weighted by atomic mass is 32.1. The van der Waals surface area contributed by atoms with Gasteiger partial charge in [0.25, 0.3) is 0 Å². The standard InChI is InChI=1S/C13H14FN3S/c14-9-4-1-3-8(7-9)12-11(13(15)17-16-12)10-5-2-6-18-10/h1-7,11-13,16-17H,15H2. The molecule has 1 saturated heterocycles. The summed E-state index contributed by atoms with van der Waals surface area (Å²) >= 11 is 1.67. The molecule has 0 amide bonds. The van der Waals surface area contributed by atoms with E-state index in [0.29, 0.717) is 0 Å². The van der Waals surface area contributed by atoms with Gasteiger partial charge in [0.1, 0.15) is 5.82 Å². The van der Waals surface area contributed by atoms with Crippen molar-refractivity contribution in [1.29, 1.82) is 0 Å². The van der Waals surface area contributed by atoms with E-state index in [4.69, 9.17) is 5.73 Å². The quantitative estimate of drug-likeness (QED) is 0.778. The van der Waals surface area contributed by atoms with Gasteiger partial charge in [0.05, 0.1) is 12.2 Å². The number of hydrogen-bond donors (Lipinski definition) is 3. The fourth-order valence-corrected chi connectivity index (χ4v) is 3.30. The van der Waals surface area contributed by atoms with Gasteiger partial charge in [-0.3, -0.25) is 0 Å². The third kappa shape index (κ3) is 2.06. The van der Waals surface area contributed by atoms with Gasteiger partial charge in [-0.2, -0.15) is 0 Å². The maximum atomic E-state index is 13.3. The lowest BCUT2D eigenvalue weighted by Gasteiger charge is -2.19. The summed E-state index contributed by atoms with van der Waals surface area (Å²) in [4.78, 5) is 1.20. The first kappa shape index (κ1) is 11.8. The molecule has 3 unspecified atom stereocenters. The van der Waals surface area contributed by atoms with Crippen LogP contribution in [-0.4, -0.2) is 6.17 Å². The van der Waals surface area contributed by atoms with Gasteiger partial charge in [-0.25, -0.2) is 15.2 Å². The molecule has 0 aliphatic carbocycles. The van der Waals surface area contributed by atoms with Crippen LogP contribution >= 0.6 is 11.3 Å². The van der Waals surface area contributed by atoms with Gasteiger partial charge in [-0.05, 0) is 29.1 Å². The molecular formula is C13H14FN3S. The van der Waals surface area contributed by atoms with Crippen LogP contribution in [0.25, 0.3) is 0 Å². The van der Waals surface area contributed by atoms with Crippen molar-refractivity contribution in [2.24, 2.45) is 5.73 Å². The molecular weight excluding hydrogens is 249 g/mol. The van der Waals surface area contributed by atoms with Gasteiger partial charge < -0.3 is 5.73 Å². The van der Waals surface area contributed by atoms with Crippen molar-refractivity contribution in [3.8, 4) is 0 Å². The Bertz CT molecular complexity index is 529. The third-order valence-corrected chi connectivity index (χ3v) is 4.20. The van der Waals surface area contributed by atoms with E-state index in [1.54, 1.807) is 23.5 Å². The highest BCUT2D eigenvalue weighted by molar-refractivity contribution is 7.10. The predicted molar refractivity (Wildman–Crippen MR) is 70.4 cm³/mol. The Labute approximate surface area is 109 Å². The van der Waals surface area contributed by atoms with E-state index < -0.39 is 0 Å². The van der Waals surface area contributed by atoms with Crippen molar-refractivity contribution in [3.63, 3.8) is 0 Å². The van der Waals surface area contributed by atoms with Crippen LogP contribution in [0.4, 0.5) is 4.39 Å². The predicted octanol–water partition coefficient (Wildman–Crippen LogP) is 2.10.